The molecule has 0 aliphatic carbocycles. The molecule has 1 N–H and O–H groups in total. The third-order valence-electron chi connectivity index (χ3n) is 1.63. The van der Waals surface area contributed by atoms with Crippen LogP contribution in [0.4, 0.5) is 0 Å². The van der Waals surface area contributed by atoms with Gasteiger partial charge in [-0.2, -0.15) is 5.10 Å². The van der Waals surface area contributed by atoms with Crippen molar-refractivity contribution in [3.63, 3.8) is 0 Å². The van der Waals surface area contributed by atoms with Crippen LogP contribution < -0.4 is 0 Å². The van der Waals surface area contributed by atoms with Crippen molar-refractivity contribution in [1.29, 1.82) is 0 Å². The summed E-state index contributed by atoms with van der Waals surface area (Å²) in [6.07, 6.45) is 2.28. The molecule has 0 saturated carbocycles. The van der Waals surface area contributed by atoms with E-state index >= 15 is 0 Å². The molecule has 0 aliphatic rings. The Hall–Kier alpha value is -1.32. The standard InChI is InChI=1S/C8H12N2O2/c1-3-4-10-8(12)7(5-9-10)6(2)11/h5,12H,3-4H2,1-2H3. The van der Waals surface area contributed by atoms with E-state index < -0.39 is 0 Å². The molecule has 0 fully saturated rings. The molecule has 1 aromatic heterocycles. The third kappa shape index (κ3) is 1.47. The highest BCUT2D eigenvalue weighted by Gasteiger charge is 2.11. The fourth-order valence-electron chi connectivity index (χ4n) is 1.00. The SMILES string of the molecule is CCCn1ncc(C(C)=O)c1O. The molecule has 0 aromatic carbocycles. The third-order valence-corrected chi connectivity index (χ3v) is 1.63. The lowest BCUT2D eigenvalue weighted by Crippen LogP contribution is -1.98. The maximum Gasteiger partial charge on any atom is 0.220 e. The van der Waals surface area contributed by atoms with Crippen LogP contribution in [0.5, 0.6) is 5.88 Å². The average molecular weight is 168 g/mol. The summed E-state index contributed by atoms with van der Waals surface area (Å²) in [6, 6.07) is 0. The molecule has 4 nitrogen and oxygen atoms in total. The lowest BCUT2D eigenvalue weighted by Gasteiger charge is -1.99. The molecule has 0 amide bonds. The van der Waals surface area contributed by atoms with E-state index in [-0.39, 0.29) is 11.7 Å². The van der Waals surface area contributed by atoms with Crippen molar-refractivity contribution < 1.29 is 9.90 Å². The maximum atomic E-state index is 10.9. The Bertz CT molecular complexity index is 291. The number of aromatic nitrogens is 2. The fraction of sp³-hybridized carbons (Fsp3) is 0.500. The van der Waals surface area contributed by atoms with Crippen LogP contribution in [-0.2, 0) is 6.54 Å². The van der Waals surface area contributed by atoms with Gasteiger partial charge in [0.2, 0.25) is 5.88 Å². The monoisotopic (exact) mass is 168 g/mol. The van der Waals surface area contributed by atoms with Gasteiger partial charge >= 0.3 is 0 Å². The normalized spacial score (nSPS) is 10.2. The predicted molar refractivity (Wildman–Crippen MR) is 44.2 cm³/mol. The van der Waals surface area contributed by atoms with E-state index in [0.29, 0.717) is 12.1 Å². The van der Waals surface area contributed by atoms with Crippen molar-refractivity contribution >= 4 is 5.78 Å². The summed E-state index contributed by atoms with van der Waals surface area (Å²) in [6.45, 7) is 4.03. The summed E-state index contributed by atoms with van der Waals surface area (Å²) in [5.41, 5.74) is 0.295. The summed E-state index contributed by atoms with van der Waals surface area (Å²) < 4.78 is 1.43. The first kappa shape index (κ1) is 8.77. The number of rotatable bonds is 3. The Morgan fingerprint density at radius 3 is 2.83 bits per heavy atom. The van der Waals surface area contributed by atoms with Gasteiger partial charge in [-0.15, -0.1) is 0 Å². The summed E-state index contributed by atoms with van der Waals surface area (Å²) in [5.74, 6) is -0.181. The van der Waals surface area contributed by atoms with Gasteiger partial charge < -0.3 is 5.11 Å². The van der Waals surface area contributed by atoms with Crippen molar-refractivity contribution in [2.75, 3.05) is 0 Å². The molecule has 0 spiro atoms. The lowest BCUT2D eigenvalue weighted by molar-refractivity contribution is 0.101. The number of carbonyl (C=O) groups is 1. The van der Waals surface area contributed by atoms with E-state index in [1.807, 2.05) is 6.92 Å². The Morgan fingerprint density at radius 2 is 2.42 bits per heavy atom. The van der Waals surface area contributed by atoms with Gasteiger partial charge in [-0.3, -0.25) is 4.79 Å². The van der Waals surface area contributed by atoms with Gasteiger partial charge in [-0.25, -0.2) is 4.68 Å². The number of hydrogen-bond acceptors (Lipinski definition) is 3. The second-order valence-corrected chi connectivity index (χ2v) is 2.66. The minimum Gasteiger partial charge on any atom is -0.493 e. The Morgan fingerprint density at radius 1 is 1.75 bits per heavy atom. The molecule has 0 unspecified atom stereocenters. The first-order valence-electron chi connectivity index (χ1n) is 3.92. The summed E-state index contributed by atoms with van der Waals surface area (Å²) in [5, 5.41) is 13.3. The minimum atomic E-state index is -0.158. The molecular weight excluding hydrogens is 156 g/mol. The Kier molecular flexibility index (Phi) is 2.47. The smallest absolute Gasteiger partial charge is 0.220 e. The highest BCUT2D eigenvalue weighted by Crippen LogP contribution is 2.16. The number of hydrogen-bond donors (Lipinski definition) is 1. The molecule has 0 radical (unpaired) electrons. The Balaban J connectivity index is 2.96. The first-order chi connectivity index (χ1) is 5.66. The van der Waals surface area contributed by atoms with Crippen molar-refractivity contribution in [2.45, 2.75) is 26.8 Å². The first-order valence-corrected chi connectivity index (χ1v) is 3.92. The van der Waals surface area contributed by atoms with Crippen LogP contribution in [0.3, 0.4) is 0 Å². The zero-order chi connectivity index (χ0) is 9.14. The number of aromatic hydroxyl groups is 1. The van der Waals surface area contributed by atoms with Gasteiger partial charge in [0.1, 0.15) is 0 Å². The van der Waals surface area contributed by atoms with Crippen LogP contribution in [0.15, 0.2) is 6.20 Å². The maximum absolute atomic E-state index is 10.9. The summed E-state index contributed by atoms with van der Waals surface area (Å²) in [7, 11) is 0. The molecule has 1 rings (SSSR count). The number of carbonyl (C=O) groups excluding carboxylic acids is 1. The van der Waals surface area contributed by atoms with Crippen LogP contribution in [0, 0.1) is 0 Å². The quantitative estimate of drug-likeness (QED) is 0.690. The predicted octanol–water partition coefficient (Wildman–Crippen LogP) is 1.20. The van der Waals surface area contributed by atoms with Crippen LogP contribution >= 0.6 is 0 Å². The zero-order valence-corrected chi connectivity index (χ0v) is 7.24. The second kappa shape index (κ2) is 3.38. The van der Waals surface area contributed by atoms with Gasteiger partial charge in [-0.05, 0) is 13.3 Å². The fourth-order valence-corrected chi connectivity index (χ4v) is 1.00. The highest BCUT2D eigenvalue weighted by molar-refractivity contribution is 5.95. The van der Waals surface area contributed by atoms with Gasteiger partial charge in [0.05, 0.1) is 11.8 Å². The number of Topliss-reactive ketones (excluding diaryl/α,β-unsaturated/α-hetero) is 1. The van der Waals surface area contributed by atoms with Crippen LogP contribution in [0.25, 0.3) is 0 Å². The second-order valence-electron chi connectivity index (χ2n) is 2.66. The van der Waals surface area contributed by atoms with E-state index in [1.165, 1.54) is 17.8 Å². The van der Waals surface area contributed by atoms with Crippen molar-refractivity contribution in [1.82, 2.24) is 9.78 Å². The molecule has 0 saturated heterocycles. The molecule has 1 heterocycles. The molecule has 66 valence electrons. The van der Waals surface area contributed by atoms with Gasteiger partial charge in [0.25, 0.3) is 0 Å². The topological polar surface area (TPSA) is 55.1 Å². The van der Waals surface area contributed by atoms with Crippen LogP contribution in [0.1, 0.15) is 30.6 Å². The van der Waals surface area contributed by atoms with E-state index in [0.717, 1.165) is 6.42 Å². The molecule has 4 heteroatoms. The number of aryl methyl sites for hydroxylation is 1. The zero-order valence-electron chi connectivity index (χ0n) is 7.24. The number of ketones is 1. The molecule has 0 bridgehead atoms. The largest absolute Gasteiger partial charge is 0.493 e. The van der Waals surface area contributed by atoms with Gasteiger partial charge in [-0.1, -0.05) is 6.92 Å². The molecule has 1 aromatic rings. The molecule has 12 heavy (non-hydrogen) atoms. The molecular formula is C8H12N2O2. The van der Waals surface area contributed by atoms with E-state index in [4.69, 9.17) is 0 Å². The summed E-state index contributed by atoms with van der Waals surface area (Å²) >= 11 is 0. The summed E-state index contributed by atoms with van der Waals surface area (Å²) in [4.78, 5) is 10.9. The molecule has 0 aliphatic heterocycles. The van der Waals surface area contributed by atoms with Crippen LogP contribution in [-0.4, -0.2) is 20.7 Å². The van der Waals surface area contributed by atoms with Crippen molar-refractivity contribution in [2.24, 2.45) is 0 Å². The lowest BCUT2D eigenvalue weighted by atomic mass is 10.2. The van der Waals surface area contributed by atoms with Gasteiger partial charge in [0, 0.05) is 6.54 Å². The van der Waals surface area contributed by atoms with Crippen LogP contribution in [0.2, 0.25) is 0 Å². The van der Waals surface area contributed by atoms with Crippen molar-refractivity contribution in [3.8, 4) is 5.88 Å². The van der Waals surface area contributed by atoms with E-state index in [9.17, 15) is 9.90 Å². The Labute approximate surface area is 70.8 Å². The average Bonchev–Trinajstić information content (AvgIpc) is 2.34. The minimum absolute atomic E-state index is 0.0237. The highest BCUT2D eigenvalue weighted by atomic mass is 16.3. The molecule has 0 atom stereocenters. The van der Waals surface area contributed by atoms with Crippen molar-refractivity contribution in [3.05, 3.63) is 11.8 Å². The van der Waals surface area contributed by atoms with Gasteiger partial charge in [0.15, 0.2) is 5.78 Å². The number of nitrogens with zero attached hydrogens (tertiary/aromatic N) is 2. The van der Waals surface area contributed by atoms with E-state index in [1.54, 1.807) is 0 Å². The van der Waals surface area contributed by atoms with E-state index in [2.05, 4.69) is 5.10 Å².